The van der Waals surface area contributed by atoms with Crippen molar-refractivity contribution in [2.24, 2.45) is 5.92 Å². The van der Waals surface area contributed by atoms with E-state index in [2.05, 4.69) is 37.6 Å². The maximum absolute atomic E-state index is 14.9. The van der Waals surface area contributed by atoms with Crippen LogP contribution in [0.2, 0.25) is 0 Å². The van der Waals surface area contributed by atoms with E-state index in [9.17, 15) is 19.1 Å². The first-order valence-corrected chi connectivity index (χ1v) is 13.5. The van der Waals surface area contributed by atoms with E-state index in [0.29, 0.717) is 39.9 Å². The lowest BCUT2D eigenvalue weighted by molar-refractivity contribution is 0.0695. The van der Waals surface area contributed by atoms with Gasteiger partial charge >= 0.3 is 5.97 Å². The number of likely N-dealkylation sites (tertiary alicyclic amines) is 1. The largest absolute Gasteiger partial charge is 0.477 e. The molecule has 6 heterocycles. The van der Waals surface area contributed by atoms with Gasteiger partial charge < -0.3 is 30.6 Å². The second-order valence-electron chi connectivity index (χ2n) is 10.9. The molecule has 4 aromatic heterocycles. The number of halogens is 1. The monoisotopic (exact) mass is 556 g/mol. The SMILES string of the molecule is CNc1cc(F)cc2c1[nH]c1ncc(-c3cnc4c(c3)c(=O)c(C(=O)O)cn4NC)c(N3C[C@H]4CCN(C)[C@H]4C3)c12. The molecule has 2 saturated heterocycles. The third kappa shape index (κ3) is 3.74. The van der Waals surface area contributed by atoms with Crippen LogP contribution in [-0.4, -0.2) is 82.4 Å². The van der Waals surface area contributed by atoms with E-state index in [1.807, 2.05) is 0 Å². The van der Waals surface area contributed by atoms with Crippen molar-refractivity contribution in [2.75, 3.05) is 56.4 Å². The molecule has 2 aliphatic heterocycles. The molecule has 0 spiro atoms. The highest BCUT2D eigenvalue weighted by Gasteiger charge is 2.41. The van der Waals surface area contributed by atoms with E-state index in [4.69, 9.17) is 4.98 Å². The molecule has 210 valence electrons. The number of carboxylic acid groups (broad SMARTS) is 1. The Morgan fingerprint density at radius 1 is 1.15 bits per heavy atom. The van der Waals surface area contributed by atoms with Crippen LogP contribution in [0, 0.1) is 11.7 Å². The predicted molar refractivity (Wildman–Crippen MR) is 157 cm³/mol. The molecule has 12 heteroatoms. The number of hydrogen-bond donors (Lipinski definition) is 4. The Kier molecular flexibility index (Phi) is 5.65. The molecule has 0 amide bonds. The van der Waals surface area contributed by atoms with Crippen molar-refractivity contribution in [2.45, 2.75) is 12.5 Å². The van der Waals surface area contributed by atoms with Gasteiger partial charge in [0.1, 0.15) is 17.0 Å². The van der Waals surface area contributed by atoms with Crippen LogP contribution in [0.5, 0.6) is 0 Å². The number of carboxylic acids is 1. The molecular formula is C29H29FN8O3. The Morgan fingerprint density at radius 2 is 1.98 bits per heavy atom. The smallest absolute Gasteiger partial charge is 0.341 e. The number of H-pyrrole nitrogens is 1. The second kappa shape index (κ2) is 9.16. The van der Waals surface area contributed by atoms with Crippen LogP contribution < -0.4 is 21.1 Å². The van der Waals surface area contributed by atoms with Gasteiger partial charge in [0.15, 0.2) is 5.65 Å². The molecule has 1 aromatic carbocycles. The fourth-order valence-electron chi connectivity index (χ4n) is 6.68. The molecule has 11 nitrogen and oxygen atoms in total. The minimum absolute atomic E-state index is 0.170. The lowest BCUT2D eigenvalue weighted by atomic mass is 10.0. The summed E-state index contributed by atoms with van der Waals surface area (Å²) in [6.45, 7) is 2.69. The minimum atomic E-state index is -1.32. The first-order chi connectivity index (χ1) is 19.8. The first kappa shape index (κ1) is 25.3. The van der Waals surface area contributed by atoms with Crippen molar-refractivity contribution in [3.05, 3.63) is 58.4 Å². The Morgan fingerprint density at radius 3 is 2.71 bits per heavy atom. The normalized spacial score (nSPS) is 19.0. The van der Waals surface area contributed by atoms with Crippen molar-refractivity contribution in [3.63, 3.8) is 0 Å². The fraction of sp³-hybridized carbons (Fsp3) is 0.310. The van der Waals surface area contributed by atoms with Crippen molar-refractivity contribution >= 4 is 50.3 Å². The highest BCUT2D eigenvalue weighted by molar-refractivity contribution is 6.18. The molecule has 0 saturated carbocycles. The topological polar surface area (TPSA) is 131 Å². The third-order valence-electron chi connectivity index (χ3n) is 8.70. The van der Waals surface area contributed by atoms with E-state index in [0.717, 1.165) is 48.2 Å². The summed E-state index contributed by atoms with van der Waals surface area (Å²) in [6.07, 6.45) is 5.76. The van der Waals surface area contributed by atoms with Gasteiger partial charge in [-0.3, -0.25) is 4.79 Å². The molecule has 0 bridgehead atoms. The number of nitrogens with zero attached hydrogens (tertiary/aromatic N) is 5. The van der Waals surface area contributed by atoms with Crippen LogP contribution in [0.25, 0.3) is 44.1 Å². The van der Waals surface area contributed by atoms with Gasteiger partial charge in [0.05, 0.1) is 27.7 Å². The van der Waals surface area contributed by atoms with Crippen LogP contribution in [0.3, 0.4) is 0 Å². The fourth-order valence-corrected chi connectivity index (χ4v) is 6.68. The van der Waals surface area contributed by atoms with Crippen LogP contribution in [0.1, 0.15) is 16.8 Å². The number of nitrogens with one attached hydrogen (secondary N) is 3. The molecule has 5 aromatic rings. The molecule has 2 fully saturated rings. The van der Waals surface area contributed by atoms with Gasteiger partial charge in [-0.05, 0) is 44.1 Å². The minimum Gasteiger partial charge on any atom is -0.477 e. The second-order valence-corrected chi connectivity index (χ2v) is 10.9. The number of likely N-dealkylation sites (N-methyl/N-ethyl adjacent to an activating group) is 1. The number of anilines is 2. The van der Waals surface area contributed by atoms with Crippen molar-refractivity contribution in [1.82, 2.24) is 24.5 Å². The van der Waals surface area contributed by atoms with Gasteiger partial charge in [-0.15, -0.1) is 0 Å². The van der Waals surface area contributed by atoms with Gasteiger partial charge in [-0.2, -0.15) is 0 Å². The molecule has 41 heavy (non-hydrogen) atoms. The highest BCUT2D eigenvalue weighted by atomic mass is 19.1. The lowest BCUT2D eigenvalue weighted by Gasteiger charge is -2.25. The quantitative estimate of drug-likeness (QED) is 0.258. The average Bonchev–Trinajstić information content (AvgIpc) is 3.66. The Balaban J connectivity index is 1.52. The zero-order valence-electron chi connectivity index (χ0n) is 22.8. The number of carbonyl (C=O) groups is 1. The molecule has 0 unspecified atom stereocenters. The zero-order valence-corrected chi connectivity index (χ0v) is 22.8. The average molecular weight is 557 g/mol. The Hall–Kier alpha value is -4.71. The molecular weight excluding hydrogens is 527 g/mol. The molecule has 2 atom stereocenters. The van der Waals surface area contributed by atoms with Gasteiger partial charge in [-0.25, -0.2) is 23.8 Å². The molecule has 2 aliphatic rings. The number of fused-ring (bicyclic) bond motifs is 5. The summed E-state index contributed by atoms with van der Waals surface area (Å²) in [5, 5.41) is 14.4. The Bertz CT molecular complexity index is 1950. The van der Waals surface area contributed by atoms with E-state index >= 15 is 0 Å². The van der Waals surface area contributed by atoms with Crippen molar-refractivity contribution in [1.29, 1.82) is 0 Å². The molecule has 4 N–H and O–H groups in total. The molecule has 7 rings (SSSR count). The van der Waals surface area contributed by atoms with Gasteiger partial charge in [0, 0.05) is 68.3 Å². The standard InChI is InChI=1S/C29H29FN8O3/c1-31-21-8-16(30)7-17-23-25(37-11-14-4-5-36(3)22(14)13-37)19(10-33-27(23)35-24(17)21)15-6-18-26(39)20(29(40)41)12-38(32-2)28(18)34-9-15/h6-10,12,14,22,31-32H,4-5,11,13H2,1-3H3,(H,33,35)(H,40,41)/t14-,22+/m1/s1. The van der Waals surface area contributed by atoms with Crippen LogP contribution in [-0.2, 0) is 0 Å². The lowest BCUT2D eigenvalue weighted by Crippen LogP contribution is -2.32. The summed E-state index contributed by atoms with van der Waals surface area (Å²) in [4.78, 5) is 42.5. The van der Waals surface area contributed by atoms with Gasteiger partial charge in [0.2, 0.25) is 5.43 Å². The van der Waals surface area contributed by atoms with Crippen LogP contribution in [0.15, 0.2) is 41.6 Å². The highest BCUT2D eigenvalue weighted by Crippen LogP contribution is 2.45. The van der Waals surface area contributed by atoms with E-state index in [1.165, 1.54) is 23.0 Å². The molecule has 0 radical (unpaired) electrons. The Labute approximate surface area is 233 Å². The number of aromatic nitrogens is 4. The number of pyridine rings is 3. The maximum Gasteiger partial charge on any atom is 0.341 e. The van der Waals surface area contributed by atoms with Crippen molar-refractivity contribution in [3.8, 4) is 11.1 Å². The summed E-state index contributed by atoms with van der Waals surface area (Å²) >= 11 is 0. The van der Waals surface area contributed by atoms with E-state index < -0.39 is 11.4 Å². The molecule has 0 aliphatic carbocycles. The summed E-state index contributed by atoms with van der Waals surface area (Å²) in [5.41, 5.74) is 6.47. The third-order valence-corrected chi connectivity index (χ3v) is 8.70. The van der Waals surface area contributed by atoms with Crippen LogP contribution >= 0.6 is 0 Å². The summed E-state index contributed by atoms with van der Waals surface area (Å²) < 4.78 is 16.3. The van der Waals surface area contributed by atoms with Gasteiger partial charge in [-0.1, -0.05) is 0 Å². The van der Waals surface area contributed by atoms with Crippen LogP contribution in [0.4, 0.5) is 15.8 Å². The first-order valence-electron chi connectivity index (χ1n) is 13.5. The number of benzene rings is 1. The zero-order chi connectivity index (χ0) is 28.6. The number of aromatic carboxylic acids is 1. The van der Waals surface area contributed by atoms with Gasteiger partial charge in [0.25, 0.3) is 0 Å². The van der Waals surface area contributed by atoms with Crippen molar-refractivity contribution < 1.29 is 14.3 Å². The number of rotatable bonds is 5. The predicted octanol–water partition coefficient (Wildman–Crippen LogP) is 3.29. The maximum atomic E-state index is 14.9. The van der Waals surface area contributed by atoms with E-state index in [-0.39, 0.29) is 16.8 Å². The summed E-state index contributed by atoms with van der Waals surface area (Å²) in [7, 11) is 5.52. The summed E-state index contributed by atoms with van der Waals surface area (Å²) in [5.74, 6) is -1.18. The number of aromatic amines is 1. The number of hydrogen-bond acceptors (Lipinski definition) is 8. The summed E-state index contributed by atoms with van der Waals surface area (Å²) in [6, 6.07) is 5.05. The van der Waals surface area contributed by atoms with E-state index in [1.54, 1.807) is 32.6 Å².